The van der Waals surface area contributed by atoms with Gasteiger partial charge in [0.15, 0.2) is 18.7 Å². The molecule has 16 nitrogen and oxygen atoms in total. The first-order chi connectivity index (χ1) is 29.3. The summed E-state index contributed by atoms with van der Waals surface area (Å²) in [5.41, 5.74) is -3.81. The van der Waals surface area contributed by atoms with E-state index in [1.165, 1.54) is 14.0 Å². The minimum atomic E-state index is -1.84. The lowest BCUT2D eigenvalue weighted by Crippen LogP contribution is -2.61. The van der Waals surface area contributed by atoms with Crippen molar-refractivity contribution >= 4 is 11.9 Å². The summed E-state index contributed by atoms with van der Waals surface area (Å²) < 4.78 is 50.1. The molecule has 1 aromatic rings. The number of carbonyl (C=O) groups excluding carboxylic acids is 2. The van der Waals surface area contributed by atoms with Crippen molar-refractivity contribution in [2.45, 2.75) is 192 Å². The van der Waals surface area contributed by atoms with Crippen LogP contribution in [0.25, 0.3) is 0 Å². The largest absolute Gasteiger partial charge is 0.497 e. The molecule has 362 valence electrons. The van der Waals surface area contributed by atoms with Crippen molar-refractivity contribution in [2.75, 3.05) is 41.9 Å². The van der Waals surface area contributed by atoms with E-state index in [0.29, 0.717) is 18.7 Å². The zero-order chi connectivity index (χ0) is 47.4. The molecule has 0 spiro atoms. The first kappa shape index (κ1) is 53.1. The molecule has 0 aromatic heterocycles. The van der Waals surface area contributed by atoms with Crippen molar-refractivity contribution in [1.29, 1.82) is 0 Å². The van der Waals surface area contributed by atoms with Gasteiger partial charge in [-0.1, -0.05) is 32.9 Å². The molecule has 0 radical (unpaired) electrons. The molecule has 1 aromatic carbocycles. The van der Waals surface area contributed by atoms with Gasteiger partial charge >= 0.3 is 11.9 Å². The third-order valence-electron chi connectivity index (χ3n) is 14.0. The number of hydrogen-bond acceptors (Lipinski definition) is 16. The number of cyclic esters (lactones) is 1. The van der Waals surface area contributed by atoms with Crippen molar-refractivity contribution in [1.82, 2.24) is 9.80 Å². The Balaban J connectivity index is 1.84. The van der Waals surface area contributed by atoms with Crippen LogP contribution in [0.15, 0.2) is 24.3 Å². The third kappa shape index (κ3) is 12.7. The van der Waals surface area contributed by atoms with Gasteiger partial charge in [-0.2, -0.15) is 0 Å². The van der Waals surface area contributed by atoms with E-state index in [1.807, 2.05) is 51.7 Å². The van der Waals surface area contributed by atoms with Crippen LogP contribution in [0, 0.1) is 17.8 Å². The Morgan fingerprint density at radius 3 is 2.13 bits per heavy atom. The number of benzene rings is 1. The Kier molecular flexibility index (Phi) is 18.5. The minimum absolute atomic E-state index is 0.0191. The van der Waals surface area contributed by atoms with E-state index in [0.717, 1.165) is 5.56 Å². The normalized spacial score (nSPS) is 42.8. The van der Waals surface area contributed by atoms with E-state index in [2.05, 4.69) is 0 Å². The summed E-state index contributed by atoms with van der Waals surface area (Å²) >= 11 is 0. The molecule has 16 heteroatoms. The molecule has 18 atom stereocenters. The molecule has 3 aliphatic heterocycles. The van der Waals surface area contributed by atoms with Crippen molar-refractivity contribution in [3.05, 3.63) is 29.8 Å². The highest BCUT2D eigenvalue weighted by molar-refractivity contribution is 5.73. The van der Waals surface area contributed by atoms with Gasteiger partial charge in [0, 0.05) is 32.0 Å². The number of esters is 2. The average molecular weight is 897 g/mol. The number of rotatable bonds is 11. The van der Waals surface area contributed by atoms with Crippen molar-refractivity contribution in [3.63, 3.8) is 0 Å². The highest BCUT2D eigenvalue weighted by Crippen LogP contribution is 2.40. The van der Waals surface area contributed by atoms with Crippen molar-refractivity contribution in [2.24, 2.45) is 17.8 Å². The molecule has 4 rings (SSSR count). The summed E-state index contributed by atoms with van der Waals surface area (Å²) in [6.07, 6.45) is -8.77. The zero-order valence-electron chi connectivity index (χ0n) is 40.5. The second-order valence-corrected chi connectivity index (χ2v) is 19.7. The first-order valence-corrected chi connectivity index (χ1v) is 22.7. The third-order valence-corrected chi connectivity index (χ3v) is 14.0. The first-order valence-electron chi connectivity index (χ1n) is 22.7. The van der Waals surface area contributed by atoms with Gasteiger partial charge in [0.25, 0.3) is 0 Å². The number of aliphatic hydroxyl groups is 4. The average Bonchev–Trinajstić information content (AvgIpc) is 3.21. The number of likely N-dealkylation sites (N-methyl/N-ethyl adjacent to an activating group) is 2. The number of aliphatic hydroxyl groups excluding tert-OH is 2. The monoisotopic (exact) mass is 897 g/mol. The Bertz CT molecular complexity index is 1610. The SMILES string of the molecule is CC[C@H]1OC(=O)[C@H](C)[C@@H](O[C@H]2C[C@@](C)(OC)[C@@H](O)[C@H](C)O2)[C@H](C)[C@@H](O[C@@H]2O[C@H](C)C[C@H](N(C)C)[C@H]2OC(=O)Cc2ccc(OC)cc2)[C@](C)(O)C[C@@H](C)CN(C)[C@H](C)[C@@H](O)[C@]1(C)O. The second-order valence-electron chi connectivity index (χ2n) is 19.7. The predicted octanol–water partition coefficient (Wildman–Crippen LogP) is 3.70. The summed E-state index contributed by atoms with van der Waals surface area (Å²) in [6, 6.07) is 6.25. The second kappa shape index (κ2) is 21.9. The zero-order valence-corrected chi connectivity index (χ0v) is 40.5. The fraction of sp³-hybridized carbons (Fsp3) is 0.830. The molecule has 3 heterocycles. The van der Waals surface area contributed by atoms with E-state index in [9.17, 15) is 30.0 Å². The molecule has 4 N–H and O–H groups in total. The maximum Gasteiger partial charge on any atom is 0.311 e. The number of carbonyl (C=O) groups is 2. The lowest BCUT2D eigenvalue weighted by molar-refractivity contribution is -0.319. The van der Waals surface area contributed by atoms with Crippen LogP contribution in [0.3, 0.4) is 0 Å². The fourth-order valence-corrected chi connectivity index (χ4v) is 9.95. The van der Waals surface area contributed by atoms with Crippen LogP contribution >= 0.6 is 0 Å². The summed E-state index contributed by atoms with van der Waals surface area (Å²) in [4.78, 5) is 32.1. The summed E-state index contributed by atoms with van der Waals surface area (Å²) in [7, 11) is 8.71. The van der Waals surface area contributed by atoms with E-state index < -0.39 is 102 Å². The topological polar surface area (TPSA) is 195 Å². The molecule has 3 saturated heterocycles. The number of ether oxygens (including phenoxy) is 8. The number of methoxy groups -OCH3 is 2. The van der Waals surface area contributed by atoms with Crippen LogP contribution in [0.4, 0.5) is 0 Å². The minimum Gasteiger partial charge on any atom is -0.497 e. The molecule has 0 bridgehead atoms. The van der Waals surface area contributed by atoms with Crippen LogP contribution in [-0.2, 0) is 49.2 Å². The molecule has 3 fully saturated rings. The highest BCUT2D eigenvalue weighted by Gasteiger charge is 2.53. The van der Waals surface area contributed by atoms with Crippen LogP contribution in [0.2, 0.25) is 0 Å². The van der Waals surface area contributed by atoms with E-state index in [1.54, 1.807) is 72.9 Å². The van der Waals surface area contributed by atoms with Gasteiger partial charge in [-0.25, -0.2) is 0 Å². The summed E-state index contributed by atoms with van der Waals surface area (Å²) in [5.74, 6) is -2.64. The van der Waals surface area contributed by atoms with Gasteiger partial charge < -0.3 is 68.1 Å². The van der Waals surface area contributed by atoms with Gasteiger partial charge in [0.05, 0.1) is 61.1 Å². The summed E-state index contributed by atoms with van der Waals surface area (Å²) in [5, 5.41) is 47.4. The molecule has 0 saturated carbocycles. The molecule has 0 amide bonds. The molecule has 63 heavy (non-hydrogen) atoms. The van der Waals surface area contributed by atoms with E-state index >= 15 is 0 Å². The Morgan fingerprint density at radius 2 is 1.56 bits per heavy atom. The standard InChI is InChI=1S/C47H80N2O14/c1-16-35-47(10,55)40(51)30(6)49(13)25-26(2)23-45(8,54)42(28(4)38(29(5)43(53)60-35)62-37-24-46(9,57-15)41(52)31(7)59-37)63-44-39(34(48(11)12)21-27(3)58-44)61-36(50)22-32-17-19-33(56-14)20-18-32/h17-20,26-31,34-35,37-42,44,51-52,54-55H,16,21-25H2,1-15H3/t26-,27-,28+,29-,30-,31+,34+,35-,37+,38+,39-,40-,41+,42-,44+,45-,46-,47-/m1/s1. The lowest BCUT2D eigenvalue weighted by Gasteiger charge is -2.49. The quantitative estimate of drug-likeness (QED) is 0.235. The van der Waals surface area contributed by atoms with Crippen LogP contribution in [0.1, 0.15) is 100 Å². The molecule has 0 aliphatic carbocycles. The van der Waals surface area contributed by atoms with Gasteiger partial charge in [0.1, 0.15) is 29.7 Å². The molecular weight excluding hydrogens is 817 g/mol. The van der Waals surface area contributed by atoms with E-state index in [-0.39, 0.29) is 43.7 Å². The van der Waals surface area contributed by atoms with Gasteiger partial charge in [-0.05, 0) is 112 Å². The molecule has 0 unspecified atom stereocenters. The summed E-state index contributed by atoms with van der Waals surface area (Å²) in [6.45, 7) is 18.0. The van der Waals surface area contributed by atoms with Gasteiger partial charge in [-0.15, -0.1) is 0 Å². The Labute approximate surface area is 375 Å². The maximum absolute atomic E-state index is 14.5. The van der Waals surface area contributed by atoms with Gasteiger partial charge in [0.2, 0.25) is 0 Å². The number of nitrogens with zero attached hydrogens (tertiary/aromatic N) is 2. The lowest BCUT2D eigenvalue weighted by atomic mass is 9.77. The van der Waals surface area contributed by atoms with Crippen molar-refractivity contribution < 1.29 is 67.9 Å². The molecule has 3 aliphatic rings. The predicted molar refractivity (Wildman–Crippen MR) is 235 cm³/mol. The van der Waals surface area contributed by atoms with Gasteiger partial charge in [-0.3, -0.25) is 9.59 Å². The Morgan fingerprint density at radius 1 is 0.921 bits per heavy atom. The smallest absolute Gasteiger partial charge is 0.311 e. The van der Waals surface area contributed by atoms with Crippen molar-refractivity contribution in [3.8, 4) is 5.75 Å². The fourth-order valence-electron chi connectivity index (χ4n) is 9.95. The van der Waals surface area contributed by atoms with Crippen LogP contribution in [0.5, 0.6) is 5.75 Å². The number of hydrogen-bond donors (Lipinski definition) is 4. The van der Waals surface area contributed by atoms with Crippen LogP contribution in [-0.4, -0.2) is 174 Å². The maximum atomic E-state index is 14.5. The van der Waals surface area contributed by atoms with E-state index in [4.69, 9.17) is 37.9 Å². The van der Waals surface area contributed by atoms with Crippen LogP contribution < -0.4 is 4.74 Å². The highest BCUT2D eigenvalue weighted by atomic mass is 16.7. The molecular formula is C47H80N2O14. The Hall–Kier alpha value is -2.48.